The van der Waals surface area contributed by atoms with E-state index in [0.29, 0.717) is 50.9 Å². The van der Waals surface area contributed by atoms with Gasteiger partial charge in [-0.15, -0.1) is 0 Å². The first-order chi connectivity index (χ1) is 13.5. The van der Waals surface area contributed by atoms with E-state index >= 15 is 0 Å². The number of oxime groups is 1. The van der Waals surface area contributed by atoms with Gasteiger partial charge in [-0.25, -0.2) is 14.8 Å². The Bertz CT molecular complexity index is 762. The van der Waals surface area contributed by atoms with Gasteiger partial charge in [-0.1, -0.05) is 5.16 Å². The molecular formula is C18H25N7O3. The number of likely N-dealkylation sites (tertiary alicyclic amines) is 1. The first kappa shape index (κ1) is 18.5. The zero-order valence-electron chi connectivity index (χ0n) is 16.1. The molecular weight excluding hydrogens is 362 g/mol. The lowest BCUT2D eigenvalue weighted by atomic mass is 9.99. The van der Waals surface area contributed by atoms with Gasteiger partial charge in [0.1, 0.15) is 0 Å². The Morgan fingerprint density at radius 1 is 1.11 bits per heavy atom. The number of hydrogen-bond acceptors (Lipinski definition) is 7. The summed E-state index contributed by atoms with van der Waals surface area (Å²) in [6.07, 6.45) is 3.19. The average molecular weight is 387 g/mol. The Labute approximate surface area is 163 Å². The van der Waals surface area contributed by atoms with Crippen LogP contribution in [-0.2, 0) is 9.63 Å². The van der Waals surface area contributed by atoms with Crippen LogP contribution in [0.3, 0.4) is 0 Å². The number of anilines is 1. The Hall–Kier alpha value is -2.91. The van der Waals surface area contributed by atoms with E-state index in [4.69, 9.17) is 4.84 Å². The van der Waals surface area contributed by atoms with Crippen LogP contribution in [0.4, 0.5) is 10.7 Å². The van der Waals surface area contributed by atoms with Gasteiger partial charge in [0.15, 0.2) is 11.8 Å². The van der Waals surface area contributed by atoms with E-state index in [1.165, 1.54) is 0 Å². The van der Waals surface area contributed by atoms with Crippen molar-refractivity contribution < 1.29 is 14.4 Å². The summed E-state index contributed by atoms with van der Waals surface area (Å²) in [5, 5.41) is 6.94. The average Bonchev–Trinajstić information content (AvgIpc) is 3.29. The number of nitrogens with zero attached hydrogens (tertiary/aromatic N) is 6. The van der Waals surface area contributed by atoms with Crippen LogP contribution < -0.4 is 10.2 Å². The van der Waals surface area contributed by atoms with Crippen molar-refractivity contribution in [2.45, 2.75) is 26.0 Å². The zero-order chi connectivity index (χ0) is 19.7. The molecule has 3 aliphatic heterocycles. The van der Waals surface area contributed by atoms with Gasteiger partial charge < -0.3 is 24.9 Å². The molecule has 2 fully saturated rings. The van der Waals surface area contributed by atoms with Crippen molar-refractivity contribution in [2.24, 2.45) is 11.1 Å². The number of hydrogen-bond donors (Lipinski definition) is 1. The molecule has 0 spiro atoms. The molecule has 0 bridgehead atoms. The molecule has 0 aromatic carbocycles. The molecule has 150 valence electrons. The summed E-state index contributed by atoms with van der Waals surface area (Å²) in [5.74, 6) is 0.409. The molecule has 2 saturated heterocycles. The fourth-order valence-corrected chi connectivity index (χ4v) is 3.76. The number of aromatic nitrogens is 2. The van der Waals surface area contributed by atoms with Crippen molar-refractivity contribution in [1.82, 2.24) is 25.1 Å². The van der Waals surface area contributed by atoms with Gasteiger partial charge >= 0.3 is 6.03 Å². The highest BCUT2D eigenvalue weighted by Crippen LogP contribution is 2.28. The lowest BCUT2D eigenvalue weighted by molar-refractivity contribution is -0.124. The molecule has 1 N–H and O–H groups in total. The van der Waals surface area contributed by atoms with Gasteiger partial charge in [0.25, 0.3) is 5.91 Å². The smallest absolute Gasteiger partial charge is 0.317 e. The van der Waals surface area contributed by atoms with E-state index in [1.54, 1.807) is 28.3 Å². The summed E-state index contributed by atoms with van der Waals surface area (Å²) in [4.78, 5) is 44.8. The van der Waals surface area contributed by atoms with Crippen LogP contribution in [0, 0.1) is 5.92 Å². The monoisotopic (exact) mass is 387 g/mol. The molecule has 28 heavy (non-hydrogen) atoms. The Morgan fingerprint density at radius 3 is 2.50 bits per heavy atom. The summed E-state index contributed by atoms with van der Waals surface area (Å²) in [6.45, 7) is 7.22. The molecule has 1 aromatic rings. The predicted molar refractivity (Wildman–Crippen MR) is 102 cm³/mol. The third-order valence-electron chi connectivity index (χ3n) is 5.22. The fourth-order valence-electron chi connectivity index (χ4n) is 3.76. The predicted octanol–water partition coefficient (Wildman–Crippen LogP) is -0.0702. The minimum atomic E-state index is -0.240. The Balaban J connectivity index is 1.34. The highest BCUT2D eigenvalue weighted by molar-refractivity contribution is 6.40. The molecule has 2 unspecified atom stereocenters. The van der Waals surface area contributed by atoms with Gasteiger partial charge in [-0.05, 0) is 19.9 Å². The topological polar surface area (TPSA) is 103 Å². The van der Waals surface area contributed by atoms with Crippen LogP contribution in [0.5, 0.6) is 0 Å². The van der Waals surface area contributed by atoms with Crippen LogP contribution >= 0.6 is 0 Å². The van der Waals surface area contributed by atoms with Crippen LogP contribution in [0.15, 0.2) is 23.6 Å². The van der Waals surface area contributed by atoms with Crippen LogP contribution in [-0.4, -0.2) is 88.8 Å². The number of rotatable bonds is 3. The molecule has 1 aromatic heterocycles. The van der Waals surface area contributed by atoms with Crippen LogP contribution in [0.2, 0.25) is 0 Å². The Kier molecular flexibility index (Phi) is 5.01. The summed E-state index contributed by atoms with van der Waals surface area (Å²) in [6, 6.07) is 1.72. The molecule has 2 atom stereocenters. The first-order valence-electron chi connectivity index (χ1n) is 9.63. The largest absolute Gasteiger partial charge is 0.389 e. The van der Waals surface area contributed by atoms with Crippen LogP contribution in [0.1, 0.15) is 13.8 Å². The van der Waals surface area contributed by atoms with E-state index in [-0.39, 0.29) is 30.0 Å². The minimum Gasteiger partial charge on any atom is -0.389 e. The van der Waals surface area contributed by atoms with Crippen molar-refractivity contribution >= 4 is 23.6 Å². The summed E-state index contributed by atoms with van der Waals surface area (Å²) in [7, 11) is 0. The summed E-state index contributed by atoms with van der Waals surface area (Å²) >= 11 is 0. The lowest BCUT2D eigenvalue weighted by Gasteiger charge is -2.34. The van der Waals surface area contributed by atoms with Crippen molar-refractivity contribution in [3.05, 3.63) is 18.5 Å². The standard InChI is InChI=1S/C18H25N7O3/c1-12(2)21-18(27)25-10-13-14(11-25)28-22-15(13)16(26)23-6-8-24(9-7-23)17-19-4-3-5-20-17/h3-5,12-14H,6-11H2,1-2H3,(H,21,27). The van der Waals surface area contributed by atoms with E-state index in [2.05, 4.69) is 25.3 Å². The van der Waals surface area contributed by atoms with Crippen LogP contribution in [0.25, 0.3) is 0 Å². The highest BCUT2D eigenvalue weighted by Gasteiger charge is 2.47. The number of amides is 3. The van der Waals surface area contributed by atoms with Crippen molar-refractivity contribution in [3.8, 4) is 0 Å². The number of urea groups is 1. The second kappa shape index (κ2) is 7.61. The number of piperazine rings is 1. The minimum absolute atomic E-state index is 0.0634. The van der Waals surface area contributed by atoms with Gasteiger partial charge in [-0.2, -0.15) is 0 Å². The van der Waals surface area contributed by atoms with Gasteiger partial charge in [0.2, 0.25) is 5.95 Å². The molecule has 3 amide bonds. The molecule has 10 nitrogen and oxygen atoms in total. The summed E-state index contributed by atoms with van der Waals surface area (Å²) in [5.41, 5.74) is 0.425. The number of carbonyl (C=O) groups excluding carboxylic acids is 2. The van der Waals surface area contributed by atoms with Crippen molar-refractivity contribution in [1.29, 1.82) is 0 Å². The molecule has 10 heteroatoms. The molecule has 0 aliphatic carbocycles. The van der Waals surface area contributed by atoms with E-state index in [1.807, 2.05) is 13.8 Å². The van der Waals surface area contributed by atoms with Crippen molar-refractivity contribution in [2.75, 3.05) is 44.2 Å². The maximum absolute atomic E-state index is 13.0. The van der Waals surface area contributed by atoms with E-state index < -0.39 is 0 Å². The zero-order valence-corrected chi connectivity index (χ0v) is 16.1. The third-order valence-corrected chi connectivity index (χ3v) is 5.22. The third kappa shape index (κ3) is 3.58. The number of carbonyl (C=O) groups is 2. The SMILES string of the molecule is CC(C)NC(=O)N1CC2ON=C(C(=O)N3CCN(c4ncccn4)CC3)C2C1. The second-order valence-corrected chi connectivity index (χ2v) is 7.56. The van der Waals surface area contributed by atoms with E-state index in [0.717, 1.165) is 0 Å². The number of fused-ring (bicyclic) bond motifs is 1. The van der Waals surface area contributed by atoms with E-state index in [9.17, 15) is 9.59 Å². The quantitative estimate of drug-likeness (QED) is 0.779. The molecule has 4 rings (SSSR count). The number of nitrogens with one attached hydrogen (secondary N) is 1. The normalized spacial score (nSPS) is 24.1. The van der Waals surface area contributed by atoms with Crippen molar-refractivity contribution in [3.63, 3.8) is 0 Å². The lowest BCUT2D eigenvalue weighted by Crippen LogP contribution is -2.52. The highest BCUT2D eigenvalue weighted by atomic mass is 16.6. The maximum Gasteiger partial charge on any atom is 0.317 e. The Morgan fingerprint density at radius 2 is 1.82 bits per heavy atom. The summed E-state index contributed by atoms with van der Waals surface area (Å²) < 4.78 is 0. The van der Waals surface area contributed by atoms with Gasteiger partial charge in [-0.3, -0.25) is 4.79 Å². The molecule has 3 aliphatic rings. The fraction of sp³-hybridized carbons (Fsp3) is 0.611. The van der Waals surface area contributed by atoms with Gasteiger partial charge in [0, 0.05) is 51.2 Å². The molecule has 0 radical (unpaired) electrons. The first-order valence-corrected chi connectivity index (χ1v) is 9.63. The molecule has 4 heterocycles. The maximum atomic E-state index is 13.0. The van der Waals surface area contributed by atoms with Gasteiger partial charge in [0.05, 0.1) is 12.5 Å². The molecule has 0 saturated carbocycles. The second-order valence-electron chi connectivity index (χ2n) is 7.56.